The first-order valence-corrected chi connectivity index (χ1v) is 4.08. The van der Waals surface area contributed by atoms with Crippen molar-refractivity contribution < 1.29 is 9.31 Å². The van der Waals surface area contributed by atoms with Crippen molar-refractivity contribution in [1.82, 2.24) is 0 Å². The molecule has 0 saturated heterocycles. The maximum atomic E-state index is 13.0. The third kappa shape index (κ3) is 2.24. The molecule has 0 saturated carbocycles. The van der Waals surface area contributed by atoms with E-state index in [-0.39, 0.29) is 0 Å². The van der Waals surface area contributed by atoms with E-state index in [1.54, 1.807) is 6.07 Å². The van der Waals surface area contributed by atoms with Crippen LogP contribution >= 0.6 is 0 Å². The van der Waals surface area contributed by atoms with E-state index in [0.29, 0.717) is 0 Å². The van der Waals surface area contributed by atoms with Gasteiger partial charge in [0.15, 0.2) is 0 Å². The van der Waals surface area contributed by atoms with Gasteiger partial charge in [-0.1, -0.05) is 19.4 Å². The molecule has 0 aliphatic rings. The molecular formula is C9H10FNO2. The first kappa shape index (κ1) is 9.64. The molecule has 0 atom stereocenters. The molecule has 13 heavy (non-hydrogen) atoms. The number of nitro benzene ring substituents is 1. The predicted molar refractivity (Wildman–Crippen MR) is 47.0 cm³/mol. The van der Waals surface area contributed by atoms with Gasteiger partial charge in [0.2, 0.25) is 5.82 Å². The van der Waals surface area contributed by atoms with Crippen LogP contribution in [0.2, 0.25) is 0 Å². The number of benzene rings is 1. The van der Waals surface area contributed by atoms with Crippen LogP contribution in [0, 0.1) is 15.9 Å². The third-order valence-corrected chi connectivity index (χ3v) is 1.75. The van der Waals surface area contributed by atoms with Crippen molar-refractivity contribution in [2.24, 2.45) is 0 Å². The third-order valence-electron chi connectivity index (χ3n) is 1.75. The molecule has 1 aromatic rings. The number of hydrogen-bond donors (Lipinski definition) is 0. The predicted octanol–water partition coefficient (Wildman–Crippen LogP) is 2.69. The summed E-state index contributed by atoms with van der Waals surface area (Å²) in [5.41, 5.74) is 0.338. The Kier molecular flexibility index (Phi) is 2.95. The number of rotatable bonds is 3. The fourth-order valence-electron chi connectivity index (χ4n) is 1.14. The summed E-state index contributed by atoms with van der Waals surface area (Å²) < 4.78 is 13.0. The summed E-state index contributed by atoms with van der Waals surface area (Å²) in [7, 11) is 0. The lowest BCUT2D eigenvalue weighted by Gasteiger charge is -1.98. The first-order chi connectivity index (χ1) is 6.15. The average Bonchev–Trinajstić information content (AvgIpc) is 2.04. The molecule has 0 aliphatic carbocycles. The number of hydrogen-bond acceptors (Lipinski definition) is 2. The fourth-order valence-corrected chi connectivity index (χ4v) is 1.14. The van der Waals surface area contributed by atoms with Crippen LogP contribution in [0.3, 0.4) is 0 Å². The Morgan fingerprint density at radius 3 is 2.69 bits per heavy atom. The topological polar surface area (TPSA) is 43.1 Å². The summed E-state index contributed by atoms with van der Waals surface area (Å²) in [6, 6.07) is 4.02. The van der Waals surface area contributed by atoms with Crippen LogP contribution in [0.25, 0.3) is 0 Å². The van der Waals surface area contributed by atoms with E-state index in [9.17, 15) is 14.5 Å². The minimum absolute atomic E-state index is 0.458. The van der Waals surface area contributed by atoms with E-state index in [1.807, 2.05) is 6.92 Å². The molecule has 0 aliphatic heterocycles. The van der Waals surface area contributed by atoms with E-state index in [0.717, 1.165) is 18.4 Å². The van der Waals surface area contributed by atoms with Crippen LogP contribution < -0.4 is 0 Å². The van der Waals surface area contributed by atoms with Gasteiger partial charge in [0.05, 0.1) is 4.92 Å². The molecule has 70 valence electrons. The van der Waals surface area contributed by atoms with E-state index >= 15 is 0 Å². The van der Waals surface area contributed by atoms with Gasteiger partial charge in [-0.25, -0.2) is 0 Å². The molecular weight excluding hydrogens is 173 g/mol. The van der Waals surface area contributed by atoms with Crippen molar-refractivity contribution in [3.05, 3.63) is 39.7 Å². The summed E-state index contributed by atoms with van der Waals surface area (Å²) in [6.07, 6.45) is 1.65. The number of aryl methyl sites for hydroxylation is 1. The Morgan fingerprint density at radius 2 is 2.23 bits per heavy atom. The Hall–Kier alpha value is -1.45. The standard InChI is InChI=1S/C9H10FNO2/c1-2-3-7-4-5-9(11(12)13)8(10)6-7/h4-6H,2-3H2,1H3. The van der Waals surface area contributed by atoms with Crippen molar-refractivity contribution in [2.75, 3.05) is 0 Å². The SMILES string of the molecule is CCCc1ccc([N+](=O)[O-])c(F)c1. The maximum absolute atomic E-state index is 13.0. The van der Waals surface area contributed by atoms with Crippen LogP contribution in [0.4, 0.5) is 10.1 Å². The molecule has 0 N–H and O–H groups in total. The highest BCUT2D eigenvalue weighted by Crippen LogP contribution is 2.18. The zero-order valence-corrected chi connectivity index (χ0v) is 7.29. The number of nitrogens with zero attached hydrogens (tertiary/aromatic N) is 1. The lowest BCUT2D eigenvalue weighted by molar-refractivity contribution is -0.387. The second-order valence-corrected chi connectivity index (χ2v) is 2.79. The van der Waals surface area contributed by atoms with Gasteiger partial charge < -0.3 is 0 Å². The molecule has 3 nitrogen and oxygen atoms in total. The summed E-state index contributed by atoms with van der Waals surface area (Å²) >= 11 is 0. The van der Waals surface area contributed by atoms with Crippen molar-refractivity contribution in [2.45, 2.75) is 19.8 Å². The molecule has 0 fully saturated rings. The summed E-state index contributed by atoms with van der Waals surface area (Å²) in [5.74, 6) is -0.754. The van der Waals surface area contributed by atoms with Crippen LogP contribution in [-0.4, -0.2) is 4.92 Å². The second kappa shape index (κ2) is 3.98. The van der Waals surface area contributed by atoms with Crippen LogP contribution in [0.15, 0.2) is 18.2 Å². The number of nitro groups is 1. The first-order valence-electron chi connectivity index (χ1n) is 4.08. The van der Waals surface area contributed by atoms with Gasteiger partial charge in [-0.05, 0) is 18.1 Å². The maximum Gasteiger partial charge on any atom is 0.304 e. The summed E-state index contributed by atoms with van der Waals surface area (Å²) in [4.78, 5) is 9.54. The summed E-state index contributed by atoms with van der Waals surface area (Å²) in [6.45, 7) is 1.97. The Bertz CT molecular complexity index is 325. The van der Waals surface area contributed by atoms with Crippen molar-refractivity contribution in [3.8, 4) is 0 Å². The fraction of sp³-hybridized carbons (Fsp3) is 0.333. The highest BCUT2D eigenvalue weighted by Gasteiger charge is 2.12. The average molecular weight is 183 g/mol. The lowest BCUT2D eigenvalue weighted by atomic mass is 10.1. The Balaban J connectivity index is 2.98. The Morgan fingerprint density at radius 1 is 1.54 bits per heavy atom. The van der Waals surface area contributed by atoms with Crippen molar-refractivity contribution in [1.29, 1.82) is 0 Å². The highest BCUT2D eigenvalue weighted by atomic mass is 19.1. The molecule has 4 heteroatoms. The molecule has 0 aromatic heterocycles. The largest absolute Gasteiger partial charge is 0.304 e. The molecule has 0 spiro atoms. The van der Waals surface area contributed by atoms with E-state index in [2.05, 4.69) is 0 Å². The highest BCUT2D eigenvalue weighted by molar-refractivity contribution is 5.34. The quantitative estimate of drug-likeness (QED) is 0.534. The minimum atomic E-state index is -0.754. The van der Waals surface area contributed by atoms with Crippen molar-refractivity contribution >= 4 is 5.69 Å². The van der Waals surface area contributed by atoms with Gasteiger partial charge in [-0.2, -0.15) is 4.39 Å². The van der Waals surface area contributed by atoms with Crippen molar-refractivity contribution in [3.63, 3.8) is 0 Å². The Labute approximate surface area is 75.3 Å². The minimum Gasteiger partial charge on any atom is -0.258 e. The summed E-state index contributed by atoms with van der Waals surface area (Å²) in [5, 5.41) is 10.3. The molecule has 0 radical (unpaired) electrons. The normalized spacial score (nSPS) is 10.0. The van der Waals surface area contributed by atoms with Gasteiger partial charge in [0.25, 0.3) is 0 Å². The van der Waals surface area contributed by atoms with Crippen LogP contribution in [0.5, 0.6) is 0 Å². The van der Waals surface area contributed by atoms with E-state index in [4.69, 9.17) is 0 Å². The van der Waals surface area contributed by atoms with Gasteiger partial charge >= 0.3 is 5.69 Å². The lowest BCUT2D eigenvalue weighted by Crippen LogP contribution is -1.93. The van der Waals surface area contributed by atoms with Crippen LogP contribution in [-0.2, 0) is 6.42 Å². The molecule has 1 aromatic carbocycles. The molecule has 1 rings (SSSR count). The van der Waals surface area contributed by atoms with Gasteiger partial charge in [-0.3, -0.25) is 10.1 Å². The zero-order chi connectivity index (χ0) is 9.84. The smallest absolute Gasteiger partial charge is 0.258 e. The number of halogens is 1. The van der Waals surface area contributed by atoms with E-state index in [1.165, 1.54) is 12.1 Å². The van der Waals surface area contributed by atoms with Crippen LogP contribution in [0.1, 0.15) is 18.9 Å². The molecule has 0 heterocycles. The molecule has 0 bridgehead atoms. The van der Waals surface area contributed by atoms with E-state index < -0.39 is 16.4 Å². The second-order valence-electron chi connectivity index (χ2n) is 2.79. The molecule has 0 amide bonds. The van der Waals surface area contributed by atoms with Gasteiger partial charge in [0.1, 0.15) is 0 Å². The zero-order valence-electron chi connectivity index (χ0n) is 7.29. The monoisotopic (exact) mass is 183 g/mol. The van der Waals surface area contributed by atoms with Gasteiger partial charge in [0, 0.05) is 6.07 Å². The molecule has 0 unspecified atom stereocenters. The van der Waals surface area contributed by atoms with Gasteiger partial charge in [-0.15, -0.1) is 0 Å².